The van der Waals surface area contributed by atoms with E-state index < -0.39 is 0 Å². The molecule has 7 aromatic carbocycles. The number of hydrogen-bond acceptors (Lipinski definition) is 2. The lowest BCUT2D eigenvalue weighted by Gasteiger charge is -2.44. The second kappa shape index (κ2) is 11.1. The molecule has 0 amide bonds. The molecule has 2 nitrogen and oxygen atoms in total. The van der Waals surface area contributed by atoms with Crippen LogP contribution in [0.3, 0.4) is 0 Å². The highest BCUT2D eigenvalue weighted by Gasteiger charge is 2.58. The Morgan fingerprint density at radius 1 is 0.407 bits per heavy atom. The van der Waals surface area contributed by atoms with Gasteiger partial charge in [0, 0.05) is 45.0 Å². The number of nitrogens with zero attached hydrogens (tertiary/aromatic N) is 2. The van der Waals surface area contributed by atoms with Crippen molar-refractivity contribution in [2.75, 3.05) is 9.80 Å². The third kappa shape index (κ3) is 3.80. The van der Waals surface area contributed by atoms with Gasteiger partial charge in [-0.15, -0.1) is 0 Å². The molecule has 59 heavy (non-hydrogen) atoms. The molecule has 7 aromatic rings. The fourth-order valence-corrected chi connectivity index (χ4v) is 15.4. The molecule has 0 aromatic heterocycles. The van der Waals surface area contributed by atoms with Crippen LogP contribution in [0.5, 0.6) is 0 Å². The van der Waals surface area contributed by atoms with E-state index >= 15 is 0 Å². The summed E-state index contributed by atoms with van der Waals surface area (Å²) in [6.07, 6.45) is 10.9. The van der Waals surface area contributed by atoms with Crippen molar-refractivity contribution in [1.29, 1.82) is 0 Å². The molecule has 15 rings (SSSR count). The lowest BCUT2D eigenvalue weighted by Crippen LogP contribution is -2.61. The summed E-state index contributed by atoms with van der Waals surface area (Å²) < 4.78 is 0. The third-order valence-corrected chi connectivity index (χ3v) is 17.4. The van der Waals surface area contributed by atoms with Crippen molar-refractivity contribution < 1.29 is 0 Å². The predicted octanol–water partition coefficient (Wildman–Crippen LogP) is 11.9. The van der Waals surface area contributed by atoms with E-state index in [1.54, 1.807) is 22.3 Å². The van der Waals surface area contributed by atoms with Gasteiger partial charge in [0.15, 0.2) is 0 Å². The first-order valence-electron chi connectivity index (χ1n) is 22.6. The largest absolute Gasteiger partial charge is 0.311 e. The minimum absolute atomic E-state index is 0.136. The van der Waals surface area contributed by atoms with Crippen molar-refractivity contribution in [3.8, 4) is 22.3 Å². The summed E-state index contributed by atoms with van der Waals surface area (Å²) in [5.74, 6) is 3.20. The molecule has 4 fully saturated rings. The highest BCUT2D eigenvalue weighted by atomic mass is 15.2. The molecule has 8 aliphatic rings. The van der Waals surface area contributed by atoms with E-state index in [0.717, 1.165) is 23.7 Å². The van der Waals surface area contributed by atoms with E-state index in [9.17, 15) is 0 Å². The van der Waals surface area contributed by atoms with Crippen LogP contribution in [0.15, 0.2) is 152 Å². The number of para-hydroxylation sites is 2. The normalized spacial score (nSPS) is 27.5. The Bertz CT molecular complexity index is 3000. The van der Waals surface area contributed by atoms with Crippen LogP contribution in [0.1, 0.15) is 73.6 Å². The maximum absolute atomic E-state index is 2.63. The minimum atomic E-state index is 0.136. The average Bonchev–Trinajstić information content (AvgIpc) is 4.17. The van der Waals surface area contributed by atoms with Gasteiger partial charge in [-0.3, -0.25) is 0 Å². The number of hydrogen-bond donors (Lipinski definition) is 0. The van der Waals surface area contributed by atoms with Crippen molar-refractivity contribution >= 4 is 57.2 Å². The molecule has 0 unspecified atom stereocenters. The Hall–Kier alpha value is -5.80. The van der Waals surface area contributed by atoms with Crippen molar-refractivity contribution in [3.63, 3.8) is 0 Å². The van der Waals surface area contributed by atoms with E-state index in [1.807, 2.05) is 0 Å². The van der Waals surface area contributed by atoms with Gasteiger partial charge in [0.1, 0.15) is 0 Å². The maximum Gasteiger partial charge on any atom is 0.252 e. The highest BCUT2D eigenvalue weighted by molar-refractivity contribution is 7.00. The fraction of sp³-hybridized carbons (Fsp3) is 0.250. The molecule has 2 aliphatic heterocycles. The monoisotopic (exact) mass is 756 g/mol. The number of benzene rings is 7. The second-order valence-electron chi connectivity index (χ2n) is 19.6. The van der Waals surface area contributed by atoms with E-state index in [1.165, 1.54) is 124 Å². The number of anilines is 6. The van der Waals surface area contributed by atoms with Crippen molar-refractivity contribution in [2.24, 2.45) is 23.7 Å². The first-order chi connectivity index (χ1) is 29.2. The molecular weight excluding hydrogens is 711 g/mol. The standard InChI is InChI=1S/C56H45BN2/c1-3-12-44-40(10-1)42-26-24-39(31-47(42)56(44)33-35-21-23-37(56)29-35)59-51-17-8-6-15-49(51)57-48-14-5-7-16-50(48)58(52-18-9-19-53(59)54(52)57)38-25-27-46-43(30-38)41-11-2-4-13-45(41)55(46)32-34-20-22-36(55)28-34/h1-19,24-27,30-31,34-37H,20-23,28-29,32-33H2/t34-,35-,36+,37+,55-,56+/m0/s1. The molecule has 2 heterocycles. The first kappa shape index (κ1) is 32.1. The van der Waals surface area contributed by atoms with Crippen LogP contribution in [-0.2, 0) is 10.8 Å². The zero-order chi connectivity index (χ0) is 38.2. The van der Waals surface area contributed by atoms with Crippen molar-refractivity contribution in [2.45, 2.75) is 62.2 Å². The summed E-state index contributed by atoms with van der Waals surface area (Å²) in [6, 6.07) is 59.6. The van der Waals surface area contributed by atoms with Crippen molar-refractivity contribution in [3.05, 3.63) is 174 Å². The van der Waals surface area contributed by atoms with Crippen LogP contribution in [0.4, 0.5) is 34.1 Å². The van der Waals surface area contributed by atoms with Crippen LogP contribution >= 0.6 is 0 Å². The molecule has 0 N–H and O–H groups in total. The third-order valence-electron chi connectivity index (χ3n) is 17.4. The van der Waals surface area contributed by atoms with Gasteiger partial charge in [0.2, 0.25) is 0 Å². The summed E-state index contributed by atoms with van der Waals surface area (Å²) in [5, 5.41) is 0. The van der Waals surface area contributed by atoms with E-state index in [0.29, 0.717) is 0 Å². The maximum atomic E-state index is 2.63. The number of rotatable bonds is 2. The summed E-state index contributed by atoms with van der Waals surface area (Å²) in [6.45, 7) is 0.143. The SMILES string of the molecule is c1ccc2c(c1)B1c3ccccc3N(c3ccc4c(c3)[C@@]3(C[C@H]5CC[C@@H]3C5)c3ccccc3-4)c3cccc(c31)N2c1ccc2c(c1)-c1ccccc1[C@@]21C[C@H]2CC[C@@H]1C2. The molecule has 282 valence electrons. The number of fused-ring (bicyclic) bond motifs is 20. The van der Waals surface area contributed by atoms with Crippen LogP contribution in [-0.4, -0.2) is 6.71 Å². The van der Waals surface area contributed by atoms with Gasteiger partial charge in [-0.25, -0.2) is 0 Å². The zero-order valence-electron chi connectivity index (χ0n) is 33.4. The molecule has 3 heteroatoms. The second-order valence-corrected chi connectivity index (χ2v) is 19.6. The minimum Gasteiger partial charge on any atom is -0.311 e. The van der Waals surface area contributed by atoms with Crippen LogP contribution < -0.4 is 26.2 Å². The van der Waals surface area contributed by atoms with Gasteiger partial charge in [-0.05, 0) is 172 Å². The molecular formula is C56H45BN2. The Labute approximate surface area is 347 Å². The average molecular weight is 757 g/mol. The summed E-state index contributed by atoms with van der Waals surface area (Å²) in [4.78, 5) is 5.23. The molecule has 4 saturated carbocycles. The highest BCUT2D eigenvalue weighted by Crippen LogP contribution is 2.67. The van der Waals surface area contributed by atoms with Gasteiger partial charge in [0.05, 0.1) is 0 Å². The Morgan fingerprint density at radius 3 is 1.51 bits per heavy atom. The topological polar surface area (TPSA) is 6.48 Å². The molecule has 2 spiro atoms. The van der Waals surface area contributed by atoms with E-state index in [-0.39, 0.29) is 17.5 Å². The van der Waals surface area contributed by atoms with Crippen LogP contribution in [0.2, 0.25) is 0 Å². The Balaban J connectivity index is 0.934. The molecule has 6 aliphatic carbocycles. The quantitative estimate of drug-likeness (QED) is 0.162. The molecule has 0 radical (unpaired) electrons. The first-order valence-corrected chi connectivity index (χ1v) is 22.6. The van der Waals surface area contributed by atoms with E-state index in [2.05, 4.69) is 161 Å². The van der Waals surface area contributed by atoms with Gasteiger partial charge in [0.25, 0.3) is 6.71 Å². The van der Waals surface area contributed by atoms with Crippen LogP contribution in [0, 0.1) is 23.7 Å². The lowest BCUT2D eigenvalue weighted by atomic mass is 9.33. The summed E-state index contributed by atoms with van der Waals surface area (Å²) in [5.41, 5.74) is 24.4. The van der Waals surface area contributed by atoms with Gasteiger partial charge in [-0.1, -0.05) is 116 Å². The molecule has 4 bridgehead atoms. The van der Waals surface area contributed by atoms with Gasteiger partial charge in [-0.2, -0.15) is 0 Å². The predicted molar refractivity (Wildman–Crippen MR) is 244 cm³/mol. The Morgan fingerprint density at radius 2 is 0.898 bits per heavy atom. The summed E-state index contributed by atoms with van der Waals surface area (Å²) in [7, 11) is 0. The molecule has 6 atom stereocenters. The Kier molecular flexibility index (Phi) is 6.02. The lowest BCUT2D eigenvalue weighted by molar-refractivity contribution is 0.327. The summed E-state index contributed by atoms with van der Waals surface area (Å²) >= 11 is 0. The van der Waals surface area contributed by atoms with Crippen LogP contribution in [0.25, 0.3) is 22.3 Å². The fourth-order valence-electron chi connectivity index (χ4n) is 15.4. The van der Waals surface area contributed by atoms with Gasteiger partial charge < -0.3 is 9.80 Å². The van der Waals surface area contributed by atoms with E-state index in [4.69, 9.17) is 0 Å². The smallest absolute Gasteiger partial charge is 0.252 e. The zero-order valence-corrected chi connectivity index (χ0v) is 33.4. The molecule has 0 saturated heterocycles. The van der Waals surface area contributed by atoms with Crippen molar-refractivity contribution in [1.82, 2.24) is 0 Å². The van der Waals surface area contributed by atoms with Gasteiger partial charge >= 0.3 is 0 Å².